The molecule has 2 heterocycles. The predicted octanol–water partition coefficient (Wildman–Crippen LogP) is 3.73. The number of aromatic nitrogens is 3. The average Bonchev–Trinajstić information content (AvgIpc) is 2.94. The van der Waals surface area contributed by atoms with Gasteiger partial charge in [0.15, 0.2) is 5.65 Å². The molecule has 1 aliphatic rings. The molecule has 0 saturated carbocycles. The molecule has 3 rings (SSSR count). The summed E-state index contributed by atoms with van der Waals surface area (Å²) in [5, 5.41) is 4.48. The van der Waals surface area contributed by atoms with Crippen LogP contribution in [0.1, 0.15) is 48.8 Å². The standard InChI is InChI=1S/C20H27N3O2/c1-13-7-5-6-8-17(13)12-25-20(24)10-9-18-15(3)21-19-11-14(2)22-23(19)16(18)4/h5-6,11,13,17H,7-10,12H2,1-4H3. The number of esters is 1. The van der Waals surface area contributed by atoms with Crippen molar-refractivity contribution in [2.24, 2.45) is 11.8 Å². The van der Waals surface area contributed by atoms with Gasteiger partial charge in [-0.15, -0.1) is 0 Å². The van der Waals surface area contributed by atoms with E-state index in [9.17, 15) is 4.79 Å². The summed E-state index contributed by atoms with van der Waals surface area (Å²) in [7, 11) is 0. The fourth-order valence-electron chi connectivity index (χ4n) is 3.54. The van der Waals surface area contributed by atoms with Gasteiger partial charge in [-0.05, 0) is 57.4 Å². The van der Waals surface area contributed by atoms with Crippen LogP contribution in [0.5, 0.6) is 0 Å². The van der Waals surface area contributed by atoms with E-state index >= 15 is 0 Å². The van der Waals surface area contributed by atoms with E-state index in [1.54, 1.807) is 0 Å². The van der Waals surface area contributed by atoms with Crippen LogP contribution >= 0.6 is 0 Å². The van der Waals surface area contributed by atoms with Crippen LogP contribution in [0.2, 0.25) is 0 Å². The summed E-state index contributed by atoms with van der Waals surface area (Å²) in [5.74, 6) is 0.900. The summed E-state index contributed by atoms with van der Waals surface area (Å²) in [6.45, 7) is 8.73. The number of allylic oxidation sites excluding steroid dienone is 2. The van der Waals surface area contributed by atoms with Crippen LogP contribution in [0.15, 0.2) is 18.2 Å². The molecule has 2 atom stereocenters. The first-order valence-electron chi connectivity index (χ1n) is 9.08. The highest BCUT2D eigenvalue weighted by Gasteiger charge is 2.20. The van der Waals surface area contributed by atoms with Crippen LogP contribution in [0.3, 0.4) is 0 Å². The number of hydrogen-bond acceptors (Lipinski definition) is 4. The normalized spacial score (nSPS) is 20.2. The third-order valence-corrected chi connectivity index (χ3v) is 5.24. The summed E-state index contributed by atoms with van der Waals surface area (Å²) < 4.78 is 7.39. The minimum Gasteiger partial charge on any atom is -0.465 e. The number of hydrogen-bond donors (Lipinski definition) is 0. The molecule has 0 aromatic carbocycles. The molecule has 0 aliphatic heterocycles. The molecule has 0 bridgehead atoms. The fourth-order valence-corrected chi connectivity index (χ4v) is 3.54. The number of carbonyl (C=O) groups is 1. The van der Waals surface area contributed by atoms with Crippen LogP contribution in [-0.2, 0) is 16.0 Å². The lowest BCUT2D eigenvalue weighted by Crippen LogP contribution is -2.22. The molecular formula is C20H27N3O2. The predicted molar refractivity (Wildman–Crippen MR) is 97.5 cm³/mol. The maximum absolute atomic E-state index is 12.2. The van der Waals surface area contributed by atoms with Gasteiger partial charge < -0.3 is 4.74 Å². The van der Waals surface area contributed by atoms with Gasteiger partial charge in [0.05, 0.1) is 12.3 Å². The lowest BCUT2D eigenvalue weighted by atomic mass is 9.85. The second kappa shape index (κ2) is 7.38. The van der Waals surface area contributed by atoms with E-state index in [0.717, 1.165) is 41.1 Å². The fraction of sp³-hybridized carbons (Fsp3) is 0.550. The average molecular weight is 341 g/mol. The molecule has 0 spiro atoms. The Labute approximate surface area is 149 Å². The van der Waals surface area contributed by atoms with Gasteiger partial charge in [0.25, 0.3) is 0 Å². The Balaban J connectivity index is 1.60. The minimum absolute atomic E-state index is 0.128. The second-order valence-electron chi connectivity index (χ2n) is 7.18. The Kier molecular flexibility index (Phi) is 5.21. The van der Waals surface area contributed by atoms with Crippen molar-refractivity contribution >= 4 is 11.6 Å². The third-order valence-electron chi connectivity index (χ3n) is 5.24. The topological polar surface area (TPSA) is 56.5 Å². The van der Waals surface area contributed by atoms with Crippen molar-refractivity contribution in [3.63, 3.8) is 0 Å². The molecule has 0 saturated heterocycles. The Morgan fingerprint density at radius 2 is 2.04 bits per heavy atom. The van der Waals surface area contributed by atoms with Crippen LogP contribution in [-0.4, -0.2) is 27.2 Å². The molecule has 0 fully saturated rings. The molecule has 0 N–H and O–H groups in total. The van der Waals surface area contributed by atoms with Gasteiger partial charge in [0.1, 0.15) is 0 Å². The summed E-state index contributed by atoms with van der Waals surface area (Å²) in [6, 6.07) is 1.97. The van der Waals surface area contributed by atoms with Gasteiger partial charge in [-0.3, -0.25) is 4.79 Å². The number of aryl methyl sites for hydroxylation is 3. The third kappa shape index (κ3) is 3.91. The summed E-state index contributed by atoms with van der Waals surface area (Å²) >= 11 is 0. The summed E-state index contributed by atoms with van der Waals surface area (Å²) in [4.78, 5) is 16.8. The highest BCUT2D eigenvalue weighted by molar-refractivity contribution is 5.69. The number of ether oxygens (including phenoxy) is 1. The van der Waals surface area contributed by atoms with Gasteiger partial charge in [-0.1, -0.05) is 19.1 Å². The summed E-state index contributed by atoms with van der Waals surface area (Å²) in [5.41, 5.74) is 4.90. The molecular weight excluding hydrogens is 314 g/mol. The first-order chi connectivity index (χ1) is 12.0. The van der Waals surface area contributed by atoms with Gasteiger partial charge >= 0.3 is 5.97 Å². The lowest BCUT2D eigenvalue weighted by molar-refractivity contribution is -0.145. The van der Waals surface area contributed by atoms with Gasteiger partial charge in [-0.2, -0.15) is 5.10 Å². The van der Waals surface area contributed by atoms with E-state index in [2.05, 4.69) is 29.2 Å². The van der Waals surface area contributed by atoms with E-state index < -0.39 is 0 Å². The first-order valence-corrected chi connectivity index (χ1v) is 9.08. The van der Waals surface area contributed by atoms with Crippen molar-refractivity contribution in [2.75, 3.05) is 6.61 Å². The zero-order valence-electron chi connectivity index (χ0n) is 15.6. The van der Waals surface area contributed by atoms with Crippen molar-refractivity contribution in [1.29, 1.82) is 0 Å². The molecule has 1 aliphatic carbocycles. The highest BCUT2D eigenvalue weighted by atomic mass is 16.5. The largest absolute Gasteiger partial charge is 0.465 e. The Morgan fingerprint density at radius 3 is 2.80 bits per heavy atom. The van der Waals surface area contributed by atoms with E-state index in [1.807, 2.05) is 31.4 Å². The van der Waals surface area contributed by atoms with E-state index in [1.165, 1.54) is 0 Å². The van der Waals surface area contributed by atoms with Crippen molar-refractivity contribution in [3.8, 4) is 0 Å². The molecule has 2 unspecified atom stereocenters. The van der Waals surface area contributed by atoms with Gasteiger partial charge in [0, 0.05) is 23.9 Å². The molecule has 2 aromatic heterocycles. The van der Waals surface area contributed by atoms with E-state index in [-0.39, 0.29) is 5.97 Å². The number of nitrogens with zero attached hydrogens (tertiary/aromatic N) is 3. The number of rotatable bonds is 5. The maximum atomic E-state index is 12.2. The van der Waals surface area contributed by atoms with Gasteiger partial charge in [-0.25, -0.2) is 9.50 Å². The lowest BCUT2D eigenvalue weighted by Gasteiger charge is -2.24. The molecule has 5 heteroatoms. The van der Waals surface area contributed by atoms with Crippen LogP contribution in [0.25, 0.3) is 5.65 Å². The minimum atomic E-state index is -0.128. The van der Waals surface area contributed by atoms with Crippen molar-refractivity contribution in [1.82, 2.24) is 14.6 Å². The molecule has 25 heavy (non-hydrogen) atoms. The van der Waals surface area contributed by atoms with Gasteiger partial charge in [0.2, 0.25) is 0 Å². The molecule has 134 valence electrons. The van der Waals surface area contributed by atoms with Crippen molar-refractivity contribution in [2.45, 2.75) is 53.4 Å². The monoisotopic (exact) mass is 341 g/mol. The quantitative estimate of drug-likeness (QED) is 0.614. The number of carbonyl (C=O) groups excluding carboxylic acids is 1. The highest BCUT2D eigenvalue weighted by Crippen LogP contribution is 2.25. The number of fused-ring (bicyclic) bond motifs is 1. The second-order valence-corrected chi connectivity index (χ2v) is 7.18. The zero-order chi connectivity index (χ0) is 18.0. The van der Waals surface area contributed by atoms with Crippen LogP contribution in [0.4, 0.5) is 0 Å². The molecule has 5 nitrogen and oxygen atoms in total. The van der Waals surface area contributed by atoms with Crippen molar-refractivity contribution in [3.05, 3.63) is 40.9 Å². The Bertz CT molecular complexity index is 807. The van der Waals surface area contributed by atoms with Crippen LogP contribution < -0.4 is 0 Å². The summed E-state index contributed by atoms with van der Waals surface area (Å²) in [6.07, 6.45) is 7.51. The van der Waals surface area contributed by atoms with Crippen LogP contribution in [0, 0.1) is 32.6 Å². The van der Waals surface area contributed by atoms with E-state index in [0.29, 0.717) is 31.3 Å². The smallest absolute Gasteiger partial charge is 0.306 e. The van der Waals surface area contributed by atoms with E-state index in [4.69, 9.17) is 4.74 Å². The molecule has 0 amide bonds. The molecule has 0 radical (unpaired) electrons. The maximum Gasteiger partial charge on any atom is 0.306 e. The first kappa shape index (κ1) is 17.6. The Morgan fingerprint density at radius 1 is 1.28 bits per heavy atom. The SMILES string of the molecule is Cc1cc2nc(C)c(CCC(=O)OCC3CC=CCC3C)c(C)n2n1. The van der Waals surface area contributed by atoms with Crippen molar-refractivity contribution < 1.29 is 9.53 Å². The Hall–Kier alpha value is -2.17. The molecule has 2 aromatic rings. The zero-order valence-corrected chi connectivity index (χ0v) is 15.6.